The molecule has 1 amide bonds. The van der Waals surface area contributed by atoms with Gasteiger partial charge in [-0.25, -0.2) is 4.98 Å². The molecule has 1 fully saturated rings. The summed E-state index contributed by atoms with van der Waals surface area (Å²) in [4.78, 5) is 40.1. The zero-order valence-electron chi connectivity index (χ0n) is 20.0. The van der Waals surface area contributed by atoms with Gasteiger partial charge in [0.2, 0.25) is 5.91 Å². The number of fused-ring (bicyclic) bond motifs is 3. The van der Waals surface area contributed by atoms with Crippen molar-refractivity contribution in [2.24, 2.45) is 5.92 Å². The topological polar surface area (TPSA) is 81.3 Å². The minimum absolute atomic E-state index is 0.00706. The number of aromatic amines is 1. The zero-order chi connectivity index (χ0) is 23.7. The van der Waals surface area contributed by atoms with Gasteiger partial charge in [0, 0.05) is 37.6 Å². The predicted molar refractivity (Wildman–Crippen MR) is 136 cm³/mol. The van der Waals surface area contributed by atoms with E-state index < -0.39 is 0 Å². The van der Waals surface area contributed by atoms with Crippen LogP contribution in [0.1, 0.15) is 48.1 Å². The summed E-state index contributed by atoms with van der Waals surface area (Å²) in [7, 11) is 0. The highest BCUT2D eigenvalue weighted by atomic mass is 32.1. The molecule has 8 heteroatoms. The van der Waals surface area contributed by atoms with E-state index in [0.29, 0.717) is 19.0 Å². The molecule has 0 radical (unpaired) electrons. The van der Waals surface area contributed by atoms with Crippen LogP contribution in [0.4, 0.5) is 0 Å². The van der Waals surface area contributed by atoms with Gasteiger partial charge in [-0.05, 0) is 43.2 Å². The average Bonchev–Trinajstić information content (AvgIpc) is 3.21. The van der Waals surface area contributed by atoms with Crippen LogP contribution in [0.5, 0.6) is 0 Å². The fourth-order valence-electron chi connectivity index (χ4n) is 5.10. The van der Waals surface area contributed by atoms with E-state index in [1.807, 2.05) is 30.3 Å². The number of nitrogens with zero attached hydrogens (tertiary/aromatic N) is 3. The van der Waals surface area contributed by atoms with E-state index in [-0.39, 0.29) is 17.5 Å². The molecule has 1 aliphatic carbocycles. The van der Waals surface area contributed by atoms with Gasteiger partial charge in [-0.2, -0.15) is 0 Å². The van der Waals surface area contributed by atoms with Crippen molar-refractivity contribution in [2.75, 3.05) is 32.7 Å². The Morgan fingerprint density at radius 1 is 1.24 bits per heavy atom. The molecule has 0 bridgehead atoms. The number of carbonyl (C=O) groups is 1. The van der Waals surface area contributed by atoms with Gasteiger partial charge in [-0.15, -0.1) is 11.3 Å². The van der Waals surface area contributed by atoms with Crippen molar-refractivity contribution in [3.05, 3.63) is 62.5 Å². The summed E-state index contributed by atoms with van der Waals surface area (Å²) >= 11 is 1.70. The van der Waals surface area contributed by atoms with Gasteiger partial charge in [0.1, 0.15) is 10.7 Å². The smallest absolute Gasteiger partial charge is 0.259 e. The van der Waals surface area contributed by atoms with Gasteiger partial charge in [0.15, 0.2) is 0 Å². The highest BCUT2D eigenvalue weighted by molar-refractivity contribution is 7.18. The molecule has 2 aromatic heterocycles. The van der Waals surface area contributed by atoms with Crippen molar-refractivity contribution in [1.29, 1.82) is 0 Å². The quantitative estimate of drug-likeness (QED) is 0.568. The van der Waals surface area contributed by atoms with Crippen LogP contribution in [-0.4, -0.2) is 58.4 Å². The third kappa shape index (κ3) is 4.94. The number of amides is 1. The van der Waals surface area contributed by atoms with Gasteiger partial charge in [-0.1, -0.05) is 37.3 Å². The van der Waals surface area contributed by atoms with E-state index in [0.717, 1.165) is 67.0 Å². The molecule has 3 aromatic rings. The highest BCUT2D eigenvalue weighted by Gasteiger charge is 2.27. The second-order valence-electron chi connectivity index (χ2n) is 9.73. The Balaban J connectivity index is 1.18. The molecule has 34 heavy (non-hydrogen) atoms. The molecule has 0 saturated carbocycles. The maximum atomic E-state index is 13.0. The first-order valence-corrected chi connectivity index (χ1v) is 13.1. The van der Waals surface area contributed by atoms with E-state index in [9.17, 15) is 9.59 Å². The first-order chi connectivity index (χ1) is 16.5. The Hall–Kier alpha value is -2.55. The highest BCUT2D eigenvalue weighted by Crippen LogP contribution is 2.36. The Morgan fingerprint density at radius 2 is 2.00 bits per heavy atom. The van der Waals surface area contributed by atoms with Gasteiger partial charge in [0.25, 0.3) is 5.56 Å². The first-order valence-electron chi connectivity index (χ1n) is 12.3. The largest absolute Gasteiger partial charge is 0.351 e. The van der Waals surface area contributed by atoms with Crippen LogP contribution in [0.2, 0.25) is 0 Å². The van der Waals surface area contributed by atoms with Gasteiger partial charge in [-0.3, -0.25) is 19.4 Å². The normalized spacial score (nSPS) is 20.2. The van der Waals surface area contributed by atoms with Crippen LogP contribution in [0.25, 0.3) is 10.2 Å². The predicted octanol–water partition coefficient (Wildman–Crippen LogP) is 3.10. The fraction of sp³-hybridized carbons (Fsp3) is 0.500. The van der Waals surface area contributed by atoms with Crippen LogP contribution >= 0.6 is 11.3 Å². The van der Waals surface area contributed by atoms with Crippen molar-refractivity contribution >= 4 is 27.5 Å². The maximum absolute atomic E-state index is 13.0. The SMILES string of the molecule is CC1CCc2c(sc3nc(C(C)N4CCN(CC(=O)NCc5ccccc5)CC4)[nH]c(=O)c23)C1. The lowest BCUT2D eigenvalue weighted by Crippen LogP contribution is -2.50. The number of benzene rings is 1. The number of aryl methyl sites for hydroxylation is 1. The number of aromatic nitrogens is 2. The summed E-state index contributed by atoms with van der Waals surface area (Å²) in [6.45, 7) is 8.69. The first kappa shape index (κ1) is 23.2. The Labute approximate surface area is 204 Å². The minimum atomic E-state index is 0.00706. The van der Waals surface area contributed by atoms with E-state index in [1.54, 1.807) is 11.3 Å². The van der Waals surface area contributed by atoms with Crippen LogP contribution in [-0.2, 0) is 24.2 Å². The minimum Gasteiger partial charge on any atom is -0.351 e. The second kappa shape index (κ2) is 9.98. The van der Waals surface area contributed by atoms with Crippen LogP contribution in [0, 0.1) is 5.92 Å². The molecule has 2 N–H and O–H groups in total. The Bertz CT molecular complexity index is 1210. The van der Waals surface area contributed by atoms with Gasteiger partial charge < -0.3 is 10.3 Å². The maximum Gasteiger partial charge on any atom is 0.259 e. The van der Waals surface area contributed by atoms with E-state index >= 15 is 0 Å². The molecule has 2 unspecified atom stereocenters. The summed E-state index contributed by atoms with van der Waals surface area (Å²) in [5, 5.41) is 3.82. The van der Waals surface area contributed by atoms with Crippen molar-refractivity contribution in [3.63, 3.8) is 0 Å². The van der Waals surface area contributed by atoms with Crippen LogP contribution < -0.4 is 10.9 Å². The van der Waals surface area contributed by atoms with Crippen molar-refractivity contribution in [3.8, 4) is 0 Å². The van der Waals surface area contributed by atoms with E-state index in [4.69, 9.17) is 4.98 Å². The molecular formula is C26H33N5O2S. The van der Waals surface area contributed by atoms with E-state index in [1.165, 1.54) is 10.4 Å². The van der Waals surface area contributed by atoms with Crippen molar-refractivity contribution in [1.82, 2.24) is 25.1 Å². The monoisotopic (exact) mass is 479 g/mol. The molecule has 1 saturated heterocycles. The number of piperazine rings is 1. The molecule has 5 rings (SSSR count). The molecule has 3 heterocycles. The van der Waals surface area contributed by atoms with Crippen molar-refractivity contribution in [2.45, 2.75) is 45.7 Å². The standard InChI is InChI=1S/C26H33N5O2S/c1-17-8-9-20-21(14-17)34-26-23(20)25(33)28-24(29-26)18(2)31-12-10-30(11-13-31)16-22(32)27-15-19-6-4-3-5-7-19/h3-7,17-18H,8-16H2,1-2H3,(H,27,32)(H,28,29,33). The van der Waals surface area contributed by atoms with Crippen LogP contribution in [0.15, 0.2) is 35.1 Å². The number of hydrogen-bond acceptors (Lipinski definition) is 6. The number of carbonyl (C=O) groups excluding carboxylic acids is 1. The summed E-state index contributed by atoms with van der Waals surface area (Å²) in [5.41, 5.74) is 2.34. The zero-order valence-corrected chi connectivity index (χ0v) is 20.8. The van der Waals surface area contributed by atoms with Crippen LogP contribution in [0.3, 0.4) is 0 Å². The number of thiophene rings is 1. The van der Waals surface area contributed by atoms with Gasteiger partial charge >= 0.3 is 0 Å². The summed E-state index contributed by atoms with van der Waals surface area (Å²) < 4.78 is 0. The second-order valence-corrected chi connectivity index (χ2v) is 10.8. The lowest BCUT2D eigenvalue weighted by Gasteiger charge is -2.37. The molecule has 180 valence electrons. The molecule has 2 aliphatic rings. The molecule has 7 nitrogen and oxygen atoms in total. The lowest BCUT2D eigenvalue weighted by molar-refractivity contribution is -0.122. The Morgan fingerprint density at radius 3 is 2.76 bits per heavy atom. The summed E-state index contributed by atoms with van der Waals surface area (Å²) in [5.74, 6) is 1.48. The van der Waals surface area contributed by atoms with Crippen molar-refractivity contribution < 1.29 is 4.79 Å². The summed E-state index contributed by atoms with van der Waals surface area (Å²) in [6.07, 6.45) is 3.18. The molecular weight excluding hydrogens is 446 g/mol. The Kier molecular flexibility index (Phi) is 6.81. The molecule has 2 atom stereocenters. The third-order valence-corrected chi connectivity index (χ3v) is 8.38. The average molecular weight is 480 g/mol. The van der Waals surface area contributed by atoms with Gasteiger partial charge in [0.05, 0.1) is 18.0 Å². The number of nitrogens with one attached hydrogen (secondary N) is 2. The number of hydrogen-bond donors (Lipinski definition) is 2. The summed E-state index contributed by atoms with van der Waals surface area (Å²) in [6, 6.07) is 10.0. The third-order valence-electron chi connectivity index (χ3n) is 7.23. The van der Waals surface area contributed by atoms with E-state index in [2.05, 4.69) is 33.9 Å². The fourth-order valence-corrected chi connectivity index (χ4v) is 6.49. The number of H-pyrrole nitrogens is 1. The molecule has 1 aromatic carbocycles. The molecule has 0 spiro atoms. The molecule has 1 aliphatic heterocycles. The number of rotatable bonds is 6. The lowest BCUT2D eigenvalue weighted by atomic mass is 9.89.